The van der Waals surface area contributed by atoms with Crippen LogP contribution in [0, 0.1) is 5.92 Å². The van der Waals surface area contributed by atoms with Gasteiger partial charge in [0.25, 0.3) is 0 Å². The fourth-order valence-corrected chi connectivity index (χ4v) is 0.848. The Morgan fingerprint density at radius 3 is 2.31 bits per heavy atom. The van der Waals surface area contributed by atoms with Gasteiger partial charge in [0.15, 0.2) is 0 Å². The molecule has 0 fully saturated rings. The second-order valence-electron chi connectivity index (χ2n) is 4.49. The SMILES string of the molecule is CC(C)C(C)(O)CNCCN(C)C. The average Bonchev–Trinajstić information content (AvgIpc) is 1.97. The van der Waals surface area contributed by atoms with Crippen molar-refractivity contribution in [1.29, 1.82) is 0 Å². The molecule has 0 aliphatic heterocycles. The van der Waals surface area contributed by atoms with Gasteiger partial charge in [-0.15, -0.1) is 0 Å². The monoisotopic (exact) mass is 188 g/mol. The highest BCUT2D eigenvalue weighted by molar-refractivity contribution is 4.78. The van der Waals surface area contributed by atoms with E-state index < -0.39 is 5.60 Å². The molecule has 0 saturated heterocycles. The van der Waals surface area contributed by atoms with Gasteiger partial charge in [-0.05, 0) is 26.9 Å². The summed E-state index contributed by atoms with van der Waals surface area (Å²) in [6, 6.07) is 0. The molecule has 13 heavy (non-hydrogen) atoms. The molecule has 1 unspecified atom stereocenters. The Kier molecular flexibility index (Phi) is 5.53. The minimum absolute atomic E-state index is 0.291. The van der Waals surface area contributed by atoms with Gasteiger partial charge in [-0.2, -0.15) is 0 Å². The molecule has 1 atom stereocenters. The Hall–Kier alpha value is -0.120. The lowest BCUT2D eigenvalue weighted by molar-refractivity contribution is 0.0142. The van der Waals surface area contributed by atoms with Gasteiger partial charge < -0.3 is 15.3 Å². The highest BCUT2D eigenvalue weighted by Crippen LogP contribution is 2.13. The minimum atomic E-state index is -0.591. The zero-order valence-corrected chi connectivity index (χ0v) is 9.59. The summed E-state index contributed by atoms with van der Waals surface area (Å²) < 4.78 is 0. The number of likely N-dealkylation sites (N-methyl/N-ethyl adjacent to an activating group) is 1. The van der Waals surface area contributed by atoms with Crippen molar-refractivity contribution in [3.05, 3.63) is 0 Å². The Bertz CT molecular complexity index is 133. The number of aliphatic hydroxyl groups is 1. The van der Waals surface area contributed by atoms with Gasteiger partial charge in [0.1, 0.15) is 0 Å². The molecule has 0 radical (unpaired) electrons. The van der Waals surface area contributed by atoms with Crippen LogP contribution in [0.15, 0.2) is 0 Å². The fourth-order valence-electron chi connectivity index (χ4n) is 0.848. The van der Waals surface area contributed by atoms with Crippen LogP contribution in [0.2, 0.25) is 0 Å². The normalized spacial score (nSPS) is 16.6. The first kappa shape index (κ1) is 12.9. The predicted octanol–water partition coefficient (Wildman–Crippen LogP) is 0.545. The first-order chi connectivity index (χ1) is 5.86. The van der Waals surface area contributed by atoms with Crippen LogP contribution in [-0.4, -0.2) is 49.3 Å². The molecule has 80 valence electrons. The van der Waals surface area contributed by atoms with Crippen LogP contribution in [0.5, 0.6) is 0 Å². The largest absolute Gasteiger partial charge is 0.389 e. The van der Waals surface area contributed by atoms with E-state index in [4.69, 9.17) is 0 Å². The standard InChI is InChI=1S/C10H24N2O/c1-9(2)10(3,13)8-11-6-7-12(4)5/h9,11,13H,6-8H2,1-5H3. The number of hydrogen-bond acceptors (Lipinski definition) is 3. The van der Waals surface area contributed by atoms with Gasteiger partial charge >= 0.3 is 0 Å². The number of nitrogens with one attached hydrogen (secondary N) is 1. The molecule has 0 heterocycles. The molecule has 0 amide bonds. The van der Waals surface area contributed by atoms with E-state index in [1.165, 1.54) is 0 Å². The van der Waals surface area contributed by atoms with Crippen LogP contribution in [0.3, 0.4) is 0 Å². The first-order valence-electron chi connectivity index (χ1n) is 4.94. The third-order valence-electron chi connectivity index (χ3n) is 2.46. The molecule has 0 aliphatic carbocycles. The van der Waals surface area contributed by atoms with E-state index in [2.05, 4.69) is 10.2 Å². The number of nitrogens with zero attached hydrogens (tertiary/aromatic N) is 1. The van der Waals surface area contributed by atoms with Crippen LogP contribution in [0.25, 0.3) is 0 Å². The Balaban J connectivity index is 3.52. The Morgan fingerprint density at radius 1 is 1.38 bits per heavy atom. The van der Waals surface area contributed by atoms with Crippen molar-refractivity contribution in [3.63, 3.8) is 0 Å². The van der Waals surface area contributed by atoms with Crippen LogP contribution in [0.1, 0.15) is 20.8 Å². The summed E-state index contributed by atoms with van der Waals surface area (Å²) >= 11 is 0. The highest BCUT2D eigenvalue weighted by Gasteiger charge is 2.23. The van der Waals surface area contributed by atoms with E-state index in [-0.39, 0.29) is 0 Å². The first-order valence-corrected chi connectivity index (χ1v) is 4.94. The molecule has 0 aromatic carbocycles. The second kappa shape index (κ2) is 5.58. The smallest absolute Gasteiger partial charge is 0.0766 e. The molecular formula is C10H24N2O. The summed E-state index contributed by atoms with van der Waals surface area (Å²) in [6.07, 6.45) is 0. The lowest BCUT2D eigenvalue weighted by atomic mass is 9.93. The van der Waals surface area contributed by atoms with Crippen molar-refractivity contribution in [2.24, 2.45) is 5.92 Å². The Labute approximate surface area is 82.1 Å². The maximum Gasteiger partial charge on any atom is 0.0766 e. The van der Waals surface area contributed by atoms with Crippen molar-refractivity contribution in [1.82, 2.24) is 10.2 Å². The highest BCUT2D eigenvalue weighted by atomic mass is 16.3. The molecule has 0 aromatic heterocycles. The average molecular weight is 188 g/mol. The summed E-state index contributed by atoms with van der Waals surface area (Å²) in [5, 5.41) is 13.1. The van der Waals surface area contributed by atoms with Gasteiger partial charge in [0, 0.05) is 19.6 Å². The van der Waals surface area contributed by atoms with Gasteiger partial charge in [-0.1, -0.05) is 13.8 Å². The molecule has 3 nitrogen and oxygen atoms in total. The summed E-state index contributed by atoms with van der Waals surface area (Å²) in [5.41, 5.74) is -0.591. The zero-order chi connectivity index (χ0) is 10.5. The van der Waals surface area contributed by atoms with E-state index >= 15 is 0 Å². The van der Waals surface area contributed by atoms with Crippen LogP contribution in [0.4, 0.5) is 0 Å². The van der Waals surface area contributed by atoms with E-state index in [1.54, 1.807) is 0 Å². The minimum Gasteiger partial charge on any atom is -0.389 e. The van der Waals surface area contributed by atoms with Crippen molar-refractivity contribution in [3.8, 4) is 0 Å². The quantitative estimate of drug-likeness (QED) is 0.597. The maximum atomic E-state index is 9.88. The van der Waals surface area contributed by atoms with E-state index in [9.17, 15) is 5.11 Å². The molecule has 0 rings (SSSR count). The van der Waals surface area contributed by atoms with Crippen molar-refractivity contribution >= 4 is 0 Å². The third kappa shape index (κ3) is 6.02. The third-order valence-corrected chi connectivity index (χ3v) is 2.46. The van der Waals surface area contributed by atoms with Crippen LogP contribution in [-0.2, 0) is 0 Å². The molecule has 0 saturated carbocycles. The zero-order valence-electron chi connectivity index (χ0n) is 9.59. The topological polar surface area (TPSA) is 35.5 Å². The van der Waals surface area contributed by atoms with Gasteiger partial charge in [0.2, 0.25) is 0 Å². The second-order valence-corrected chi connectivity index (χ2v) is 4.49. The molecule has 3 heteroatoms. The molecule has 0 aliphatic rings. The molecule has 2 N–H and O–H groups in total. The lowest BCUT2D eigenvalue weighted by Crippen LogP contribution is -2.43. The van der Waals surface area contributed by atoms with Gasteiger partial charge in [0.05, 0.1) is 5.60 Å². The van der Waals surface area contributed by atoms with Crippen molar-refractivity contribution < 1.29 is 5.11 Å². The number of rotatable bonds is 6. The van der Waals surface area contributed by atoms with E-state index in [0.29, 0.717) is 12.5 Å². The van der Waals surface area contributed by atoms with Crippen LogP contribution >= 0.6 is 0 Å². The van der Waals surface area contributed by atoms with E-state index in [0.717, 1.165) is 13.1 Å². The summed E-state index contributed by atoms with van der Waals surface area (Å²) in [7, 11) is 4.09. The predicted molar refractivity (Wildman–Crippen MR) is 56.9 cm³/mol. The molecule has 0 bridgehead atoms. The van der Waals surface area contributed by atoms with E-state index in [1.807, 2.05) is 34.9 Å². The van der Waals surface area contributed by atoms with Gasteiger partial charge in [-0.25, -0.2) is 0 Å². The number of hydrogen-bond donors (Lipinski definition) is 2. The maximum absolute atomic E-state index is 9.88. The fraction of sp³-hybridized carbons (Fsp3) is 1.00. The molecular weight excluding hydrogens is 164 g/mol. The lowest BCUT2D eigenvalue weighted by Gasteiger charge is -2.28. The van der Waals surface area contributed by atoms with Crippen molar-refractivity contribution in [2.75, 3.05) is 33.7 Å². The Morgan fingerprint density at radius 2 is 1.92 bits per heavy atom. The summed E-state index contributed by atoms with van der Waals surface area (Å²) in [5.74, 6) is 0.291. The van der Waals surface area contributed by atoms with Crippen molar-refractivity contribution in [2.45, 2.75) is 26.4 Å². The van der Waals surface area contributed by atoms with Crippen LogP contribution < -0.4 is 5.32 Å². The molecule has 0 aromatic rings. The summed E-state index contributed by atoms with van der Waals surface area (Å²) in [4.78, 5) is 2.12. The van der Waals surface area contributed by atoms with Gasteiger partial charge in [-0.3, -0.25) is 0 Å². The molecule has 0 spiro atoms. The summed E-state index contributed by atoms with van der Waals surface area (Å²) in [6.45, 7) is 8.55.